The van der Waals surface area contributed by atoms with Gasteiger partial charge in [-0.25, -0.2) is 8.42 Å². The summed E-state index contributed by atoms with van der Waals surface area (Å²) in [5, 5.41) is 10.9. The second-order valence-corrected chi connectivity index (χ2v) is 9.44. The molecule has 1 amide bonds. The molecule has 1 aromatic heterocycles. The molecule has 1 heterocycles. The zero-order valence-corrected chi connectivity index (χ0v) is 17.8. The van der Waals surface area contributed by atoms with E-state index in [9.17, 15) is 13.2 Å². The van der Waals surface area contributed by atoms with E-state index in [1.54, 1.807) is 24.0 Å². The van der Waals surface area contributed by atoms with Crippen molar-refractivity contribution in [2.75, 3.05) is 11.6 Å². The highest BCUT2D eigenvalue weighted by molar-refractivity contribution is 7.90. The maximum atomic E-state index is 12.9. The summed E-state index contributed by atoms with van der Waals surface area (Å²) in [6.07, 6.45) is 7.77. The van der Waals surface area contributed by atoms with Crippen LogP contribution in [0.2, 0.25) is 5.02 Å². The molecule has 0 unspecified atom stereocenters. The molecule has 1 aliphatic rings. The van der Waals surface area contributed by atoms with Gasteiger partial charge in [-0.05, 0) is 37.8 Å². The molecule has 0 aliphatic heterocycles. The van der Waals surface area contributed by atoms with Crippen molar-refractivity contribution in [2.45, 2.75) is 43.1 Å². The first-order valence-corrected chi connectivity index (χ1v) is 11.6. The summed E-state index contributed by atoms with van der Waals surface area (Å²) in [5.74, 6) is -0.163. The molecular formula is C19H23ClN4O4S. The van der Waals surface area contributed by atoms with Crippen molar-refractivity contribution in [3.8, 4) is 0 Å². The fourth-order valence-corrected chi connectivity index (χ4v) is 4.46. The van der Waals surface area contributed by atoms with Gasteiger partial charge in [0.25, 0.3) is 5.91 Å². The van der Waals surface area contributed by atoms with E-state index in [-0.39, 0.29) is 21.7 Å². The van der Waals surface area contributed by atoms with E-state index in [2.05, 4.69) is 15.6 Å². The summed E-state index contributed by atoms with van der Waals surface area (Å²) in [5.41, 5.74) is 0.356. The summed E-state index contributed by atoms with van der Waals surface area (Å²) in [6.45, 7) is 0. The SMILES string of the molecule is Cn1ccc(NC(=O)C(=NOC2CCCCC2)c2ccc(S(C)(=O)=O)c(Cl)c2)n1. The predicted molar refractivity (Wildman–Crippen MR) is 111 cm³/mol. The van der Waals surface area contributed by atoms with Gasteiger partial charge in [0, 0.05) is 31.1 Å². The molecule has 0 spiro atoms. The number of carbonyl (C=O) groups is 1. The number of nitrogens with one attached hydrogen (secondary N) is 1. The number of benzene rings is 1. The lowest BCUT2D eigenvalue weighted by Gasteiger charge is -2.20. The van der Waals surface area contributed by atoms with Crippen molar-refractivity contribution in [1.29, 1.82) is 0 Å². The first kappa shape index (κ1) is 21.3. The molecule has 0 radical (unpaired) electrons. The number of aryl methyl sites for hydroxylation is 1. The van der Waals surface area contributed by atoms with Crippen LogP contribution < -0.4 is 5.32 Å². The quantitative estimate of drug-likeness (QED) is 0.551. The summed E-state index contributed by atoms with van der Waals surface area (Å²) >= 11 is 6.15. The molecule has 8 nitrogen and oxygen atoms in total. The van der Waals surface area contributed by atoms with Gasteiger partial charge in [-0.3, -0.25) is 9.48 Å². The summed E-state index contributed by atoms with van der Waals surface area (Å²) < 4.78 is 25.2. The highest BCUT2D eigenvalue weighted by atomic mass is 35.5. The Balaban J connectivity index is 1.91. The van der Waals surface area contributed by atoms with Crippen LogP contribution in [0.1, 0.15) is 37.7 Å². The Morgan fingerprint density at radius 3 is 2.59 bits per heavy atom. The van der Waals surface area contributed by atoms with Crippen molar-refractivity contribution in [2.24, 2.45) is 12.2 Å². The van der Waals surface area contributed by atoms with Gasteiger partial charge in [-0.2, -0.15) is 5.10 Å². The number of sulfone groups is 1. The second kappa shape index (κ2) is 8.96. The second-order valence-electron chi connectivity index (χ2n) is 7.05. The highest BCUT2D eigenvalue weighted by Crippen LogP contribution is 2.24. The first-order valence-electron chi connectivity index (χ1n) is 9.29. The molecule has 29 heavy (non-hydrogen) atoms. The predicted octanol–water partition coefficient (Wildman–Crippen LogP) is 3.17. The molecule has 1 aliphatic carbocycles. The number of aromatic nitrogens is 2. The van der Waals surface area contributed by atoms with Gasteiger partial charge in [-0.15, -0.1) is 0 Å². The molecule has 0 atom stereocenters. The Bertz CT molecular complexity index is 1030. The van der Waals surface area contributed by atoms with Crippen LogP contribution in [0, 0.1) is 0 Å². The Labute approximate surface area is 174 Å². The van der Waals surface area contributed by atoms with Crippen LogP contribution in [0.15, 0.2) is 40.5 Å². The third-order valence-corrected chi connectivity index (χ3v) is 6.20. The highest BCUT2D eigenvalue weighted by Gasteiger charge is 2.22. The average Bonchev–Trinajstić information content (AvgIpc) is 3.06. The van der Waals surface area contributed by atoms with Gasteiger partial charge in [0.1, 0.15) is 6.10 Å². The number of halogens is 1. The van der Waals surface area contributed by atoms with E-state index in [4.69, 9.17) is 16.4 Å². The van der Waals surface area contributed by atoms with Crippen LogP contribution in [0.4, 0.5) is 5.82 Å². The number of hydrogen-bond acceptors (Lipinski definition) is 6. The summed E-state index contributed by atoms with van der Waals surface area (Å²) in [6, 6.07) is 5.90. The van der Waals surface area contributed by atoms with Crippen molar-refractivity contribution >= 4 is 38.9 Å². The van der Waals surface area contributed by atoms with Crippen LogP contribution in [0.3, 0.4) is 0 Å². The van der Waals surface area contributed by atoms with Crippen LogP contribution in [-0.4, -0.2) is 42.2 Å². The molecule has 1 aromatic carbocycles. The van der Waals surface area contributed by atoms with E-state index in [0.29, 0.717) is 11.4 Å². The van der Waals surface area contributed by atoms with Gasteiger partial charge in [-0.1, -0.05) is 29.2 Å². The summed E-state index contributed by atoms with van der Waals surface area (Å²) in [7, 11) is -1.75. The van der Waals surface area contributed by atoms with E-state index < -0.39 is 15.7 Å². The van der Waals surface area contributed by atoms with Crippen LogP contribution in [-0.2, 0) is 26.5 Å². The number of nitrogens with zero attached hydrogens (tertiary/aromatic N) is 3. The zero-order chi connectivity index (χ0) is 21.0. The zero-order valence-electron chi connectivity index (χ0n) is 16.3. The number of oxime groups is 1. The normalized spacial score (nSPS) is 15.9. The Morgan fingerprint density at radius 1 is 1.28 bits per heavy atom. The summed E-state index contributed by atoms with van der Waals surface area (Å²) in [4.78, 5) is 18.5. The van der Waals surface area contributed by atoms with Gasteiger partial charge in [0.2, 0.25) is 0 Å². The third-order valence-electron chi connectivity index (χ3n) is 4.62. The monoisotopic (exact) mass is 438 g/mol. The number of amides is 1. The third kappa shape index (κ3) is 5.57. The molecule has 1 N–H and O–H groups in total. The standard InChI is InChI=1S/C19H23ClN4O4S/c1-24-11-10-17(22-24)21-19(25)18(23-28-14-6-4-3-5-7-14)13-8-9-16(15(20)12-13)29(2,26)27/h8-12,14H,3-7H2,1-2H3,(H,21,22,25). The first-order chi connectivity index (χ1) is 13.7. The van der Waals surface area contributed by atoms with Crippen LogP contribution in [0.5, 0.6) is 0 Å². The molecule has 0 bridgehead atoms. The minimum atomic E-state index is -3.49. The fourth-order valence-electron chi connectivity index (χ4n) is 3.13. The number of rotatable bonds is 6. The smallest absolute Gasteiger partial charge is 0.279 e. The number of carbonyl (C=O) groups excluding carboxylic acids is 1. The minimum Gasteiger partial charge on any atom is -0.392 e. The van der Waals surface area contributed by atoms with Crippen molar-refractivity contribution in [1.82, 2.24) is 9.78 Å². The Kier molecular flexibility index (Phi) is 6.59. The average molecular weight is 439 g/mol. The maximum absolute atomic E-state index is 12.9. The number of hydrogen-bond donors (Lipinski definition) is 1. The van der Waals surface area contributed by atoms with Crippen molar-refractivity contribution < 1.29 is 18.0 Å². The number of anilines is 1. The van der Waals surface area contributed by atoms with Gasteiger partial charge in [0.15, 0.2) is 21.4 Å². The van der Waals surface area contributed by atoms with Crippen molar-refractivity contribution in [3.63, 3.8) is 0 Å². The van der Waals surface area contributed by atoms with E-state index in [1.807, 2.05) is 0 Å². The molecule has 2 aromatic rings. The maximum Gasteiger partial charge on any atom is 0.279 e. The Morgan fingerprint density at radius 2 is 2.00 bits per heavy atom. The molecule has 0 saturated heterocycles. The lowest BCUT2D eigenvalue weighted by Crippen LogP contribution is -2.26. The van der Waals surface area contributed by atoms with Crippen LogP contribution >= 0.6 is 11.6 Å². The van der Waals surface area contributed by atoms with E-state index >= 15 is 0 Å². The van der Waals surface area contributed by atoms with E-state index in [0.717, 1.165) is 31.9 Å². The van der Waals surface area contributed by atoms with Gasteiger partial charge >= 0.3 is 0 Å². The molecule has 10 heteroatoms. The molecule has 156 valence electrons. The lowest BCUT2D eigenvalue weighted by molar-refractivity contribution is -0.110. The largest absolute Gasteiger partial charge is 0.392 e. The fraction of sp³-hybridized carbons (Fsp3) is 0.421. The van der Waals surface area contributed by atoms with Crippen LogP contribution in [0.25, 0.3) is 0 Å². The molecule has 1 saturated carbocycles. The topological polar surface area (TPSA) is 103 Å². The van der Waals surface area contributed by atoms with Gasteiger partial charge < -0.3 is 10.2 Å². The van der Waals surface area contributed by atoms with Crippen molar-refractivity contribution in [3.05, 3.63) is 41.0 Å². The minimum absolute atomic E-state index is 0.00294. The molecule has 1 fully saturated rings. The van der Waals surface area contributed by atoms with Gasteiger partial charge in [0.05, 0.1) is 9.92 Å². The lowest BCUT2D eigenvalue weighted by atomic mass is 9.98. The Hall–Kier alpha value is -2.39. The van der Waals surface area contributed by atoms with E-state index in [1.165, 1.54) is 24.6 Å². The molecular weight excluding hydrogens is 416 g/mol. The molecule has 3 rings (SSSR count).